The molecule has 4 nitrogen and oxygen atoms in total. The molecule has 1 unspecified atom stereocenters. The van der Waals surface area contributed by atoms with Crippen LogP contribution in [-0.2, 0) is 16.0 Å². The highest BCUT2D eigenvalue weighted by atomic mass is 16.5. The van der Waals surface area contributed by atoms with Crippen LogP contribution in [0.2, 0.25) is 0 Å². The molecular formula is C15H24N2O2. The number of carbonyl (C=O) groups is 1. The van der Waals surface area contributed by atoms with Gasteiger partial charge in [0.25, 0.3) is 0 Å². The second kappa shape index (κ2) is 6.85. The number of hydrogen-bond acceptors (Lipinski definition) is 3. The fraction of sp³-hybridized carbons (Fsp3) is 0.733. The summed E-state index contributed by atoms with van der Waals surface area (Å²) in [5.74, 6) is 0.140. The Hall–Kier alpha value is -1.16. The van der Waals surface area contributed by atoms with Crippen LogP contribution in [0.15, 0.2) is 12.3 Å². The van der Waals surface area contributed by atoms with Crippen molar-refractivity contribution in [1.82, 2.24) is 9.78 Å². The summed E-state index contributed by atoms with van der Waals surface area (Å²) in [6, 6.07) is 2.51. The number of nitrogens with zero attached hydrogens (tertiary/aromatic N) is 2. The van der Waals surface area contributed by atoms with E-state index in [9.17, 15) is 4.79 Å². The number of ether oxygens (including phenoxy) is 1. The molecule has 19 heavy (non-hydrogen) atoms. The summed E-state index contributed by atoms with van der Waals surface area (Å²) in [6.45, 7) is 2.06. The lowest BCUT2D eigenvalue weighted by Crippen LogP contribution is -2.24. The van der Waals surface area contributed by atoms with E-state index in [2.05, 4.69) is 12.0 Å². The molecule has 0 bridgehead atoms. The standard InChI is InChI=1S/C15H24N2O2/c1-3-6-15(19-2)14(18)11-12-9-10-17(16-12)13-7-4-5-8-13/h9-10,13,15H,3-8,11H2,1-2H3. The third-order valence-corrected chi connectivity index (χ3v) is 3.91. The van der Waals surface area contributed by atoms with Crippen LogP contribution in [0.1, 0.15) is 57.2 Å². The second-order valence-corrected chi connectivity index (χ2v) is 5.38. The molecule has 0 saturated heterocycles. The average molecular weight is 264 g/mol. The average Bonchev–Trinajstić information content (AvgIpc) is 3.05. The van der Waals surface area contributed by atoms with Crippen LogP contribution in [0, 0.1) is 0 Å². The Morgan fingerprint density at radius 3 is 2.89 bits per heavy atom. The van der Waals surface area contributed by atoms with E-state index in [4.69, 9.17) is 4.74 Å². The smallest absolute Gasteiger partial charge is 0.167 e. The van der Waals surface area contributed by atoms with Gasteiger partial charge in [-0.1, -0.05) is 26.2 Å². The van der Waals surface area contributed by atoms with Gasteiger partial charge < -0.3 is 4.74 Å². The van der Waals surface area contributed by atoms with Crippen LogP contribution >= 0.6 is 0 Å². The van der Waals surface area contributed by atoms with Gasteiger partial charge in [0, 0.05) is 13.3 Å². The molecule has 0 radical (unpaired) electrons. The van der Waals surface area contributed by atoms with Crippen molar-refractivity contribution < 1.29 is 9.53 Å². The third-order valence-electron chi connectivity index (χ3n) is 3.91. The predicted molar refractivity (Wildman–Crippen MR) is 74.1 cm³/mol. The van der Waals surface area contributed by atoms with Crippen molar-refractivity contribution in [2.45, 2.75) is 64.0 Å². The van der Waals surface area contributed by atoms with Crippen molar-refractivity contribution in [2.24, 2.45) is 0 Å². The number of hydrogen-bond donors (Lipinski definition) is 0. The minimum absolute atomic E-state index is 0.140. The molecule has 1 aromatic rings. The Labute approximate surface area is 115 Å². The molecule has 106 valence electrons. The Morgan fingerprint density at radius 2 is 2.26 bits per heavy atom. The highest BCUT2D eigenvalue weighted by molar-refractivity contribution is 5.84. The van der Waals surface area contributed by atoms with E-state index in [-0.39, 0.29) is 11.9 Å². The van der Waals surface area contributed by atoms with Crippen LogP contribution < -0.4 is 0 Å². The van der Waals surface area contributed by atoms with E-state index < -0.39 is 0 Å². The summed E-state index contributed by atoms with van der Waals surface area (Å²) in [4.78, 5) is 12.1. The molecule has 1 aliphatic rings. The van der Waals surface area contributed by atoms with Crippen LogP contribution in [-0.4, -0.2) is 28.8 Å². The molecule has 0 amide bonds. The second-order valence-electron chi connectivity index (χ2n) is 5.38. The molecule has 1 atom stereocenters. The van der Waals surface area contributed by atoms with Gasteiger partial charge in [0.05, 0.1) is 18.2 Å². The Bertz CT molecular complexity index is 408. The summed E-state index contributed by atoms with van der Waals surface area (Å²) >= 11 is 0. The van der Waals surface area contributed by atoms with Crippen molar-refractivity contribution >= 4 is 5.78 Å². The molecule has 0 aliphatic heterocycles. The number of aromatic nitrogens is 2. The molecule has 1 aliphatic carbocycles. The summed E-state index contributed by atoms with van der Waals surface area (Å²) in [6.07, 6.45) is 8.89. The number of carbonyl (C=O) groups excluding carboxylic acids is 1. The largest absolute Gasteiger partial charge is 0.374 e. The summed E-state index contributed by atoms with van der Waals surface area (Å²) in [7, 11) is 1.61. The number of ketones is 1. The number of methoxy groups -OCH3 is 1. The van der Waals surface area contributed by atoms with Crippen molar-refractivity contribution in [3.05, 3.63) is 18.0 Å². The van der Waals surface area contributed by atoms with E-state index in [1.165, 1.54) is 25.7 Å². The first-order valence-electron chi connectivity index (χ1n) is 7.34. The summed E-state index contributed by atoms with van der Waals surface area (Å²) < 4.78 is 7.29. The normalized spacial score (nSPS) is 17.8. The zero-order valence-corrected chi connectivity index (χ0v) is 12.0. The van der Waals surface area contributed by atoms with Gasteiger partial charge in [-0.05, 0) is 25.3 Å². The van der Waals surface area contributed by atoms with Gasteiger partial charge in [0.2, 0.25) is 0 Å². The van der Waals surface area contributed by atoms with Gasteiger partial charge in [0.15, 0.2) is 5.78 Å². The molecule has 0 N–H and O–H groups in total. The topological polar surface area (TPSA) is 44.1 Å². The van der Waals surface area contributed by atoms with Gasteiger partial charge >= 0.3 is 0 Å². The molecule has 0 spiro atoms. The van der Waals surface area contributed by atoms with Crippen molar-refractivity contribution in [3.8, 4) is 0 Å². The van der Waals surface area contributed by atoms with Gasteiger partial charge in [-0.15, -0.1) is 0 Å². The lowest BCUT2D eigenvalue weighted by atomic mass is 10.1. The first kappa shape index (κ1) is 14.3. The van der Waals surface area contributed by atoms with Gasteiger partial charge in [-0.3, -0.25) is 9.48 Å². The maximum Gasteiger partial charge on any atom is 0.167 e. The number of rotatable bonds is 7. The molecule has 2 rings (SSSR count). The molecular weight excluding hydrogens is 240 g/mol. The quantitative estimate of drug-likeness (QED) is 0.760. The minimum atomic E-state index is -0.276. The molecule has 4 heteroatoms. The SMILES string of the molecule is CCCC(OC)C(=O)Cc1ccn(C2CCCC2)n1. The van der Waals surface area contributed by atoms with Gasteiger partial charge in [-0.2, -0.15) is 5.10 Å². The van der Waals surface area contributed by atoms with Gasteiger partial charge in [-0.25, -0.2) is 0 Å². The van der Waals surface area contributed by atoms with E-state index >= 15 is 0 Å². The van der Waals surface area contributed by atoms with Crippen LogP contribution in [0.4, 0.5) is 0 Å². The lowest BCUT2D eigenvalue weighted by Gasteiger charge is -2.12. The van der Waals surface area contributed by atoms with E-state index in [0.29, 0.717) is 12.5 Å². The monoisotopic (exact) mass is 264 g/mol. The maximum absolute atomic E-state index is 12.1. The van der Waals surface area contributed by atoms with Crippen molar-refractivity contribution in [3.63, 3.8) is 0 Å². The first-order chi connectivity index (χ1) is 9.24. The molecule has 1 heterocycles. The van der Waals surface area contributed by atoms with E-state index in [1.54, 1.807) is 7.11 Å². The predicted octanol–water partition coefficient (Wildman–Crippen LogP) is 2.92. The van der Waals surface area contributed by atoms with Crippen LogP contribution in [0.25, 0.3) is 0 Å². The van der Waals surface area contributed by atoms with Crippen LogP contribution in [0.5, 0.6) is 0 Å². The highest BCUT2D eigenvalue weighted by Gasteiger charge is 2.20. The first-order valence-corrected chi connectivity index (χ1v) is 7.34. The highest BCUT2D eigenvalue weighted by Crippen LogP contribution is 2.28. The zero-order chi connectivity index (χ0) is 13.7. The molecule has 1 fully saturated rings. The third kappa shape index (κ3) is 3.66. The molecule has 1 saturated carbocycles. The Kier molecular flexibility index (Phi) is 5.14. The molecule has 1 aromatic heterocycles. The van der Waals surface area contributed by atoms with E-state index in [0.717, 1.165) is 18.5 Å². The van der Waals surface area contributed by atoms with Crippen molar-refractivity contribution in [2.75, 3.05) is 7.11 Å². The van der Waals surface area contributed by atoms with E-state index in [1.807, 2.05) is 16.9 Å². The Morgan fingerprint density at radius 1 is 1.53 bits per heavy atom. The Balaban J connectivity index is 1.93. The fourth-order valence-electron chi connectivity index (χ4n) is 2.81. The summed E-state index contributed by atoms with van der Waals surface area (Å²) in [5.41, 5.74) is 0.870. The van der Waals surface area contributed by atoms with Crippen LogP contribution in [0.3, 0.4) is 0 Å². The number of Topliss-reactive ketones (excluding diaryl/α,β-unsaturated/α-hetero) is 1. The summed E-state index contributed by atoms with van der Waals surface area (Å²) in [5, 5.41) is 4.55. The fourth-order valence-corrected chi connectivity index (χ4v) is 2.81. The molecule has 0 aromatic carbocycles. The zero-order valence-electron chi connectivity index (χ0n) is 12.0. The van der Waals surface area contributed by atoms with Gasteiger partial charge in [0.1, 0.15) is 6.10 Å². The van der Waals surface area contributed by atoms with Crippen molar-refractivity contribution in [1.29, 1.82) is 0 Å². The maximum atomic E-state index is 12.1. The minimum Gasteiger partial charge on any atom is -0.374 e. The lowest BCUT2D eigenvalue weighted by molar-refractivity contribution is -0.128.